The van der Waals surface area contributed by atoms with Crippen LogP contribution < -0.4 is 0 Å². The highest BCUT2D eigenvalue weighted by molar-refractivity contribution is 9.10. The van der Waals surface area contributed by atoms with E-state index in [0.29, 0.717) is 0 Å². The molecule has 62 valence electrons. The molecule has 12 heavy (non-hydrogen) atoms. The number of benzene rings is 1. The van der Waals surface area contributed by atoms with Gasteiger partial charge in [0.05, 0.1) is 5.33 Å². The van der Waals surface area contributed by atoms with E-state index in [-0.39, 0.29) is 0 Å². The minimum atomic E-state index is 0.758. The molecule has 1 aromatic heterocycles. The summed E-state index contributed by atoms with van der Waals surface area (Å²) in [6, 6.07) is 7.98. The smallest absolute Gasteiger partial charge is 0.135 e. The quantitative estimate of drug-likeness (QED) is 0.721. The zero-order chi connectivity index (χ0) is 8.55. The predicted molar refractivity (Wildman–Crippen MR) is 56.5 cm³/mol. The van der Waals surface area contributed by atoms with Crippen molar-refractivity contribution < 1.29 is 4.42 Å². The van der Waals surface area contributed by atoms with Gasteiger partial charge in [0.2, 0.25) is 0 Å². The van der Waals surface area contributed by atoms with Gasteiger partial charge in [0, 0.05) is 9.86 Å². The Morgan fingerprint density at radius 3 is 2.83 bits per heavy atom. The molecular formula is C9H6Br2O. The summed E-state index contributed by atoms with van der Waals surface area (Å²) in [6.45, 7) is 0. The van der Waals surface area contributed by atoms with Gasteiger partial charge in [0.15, 0.2) is 0 Å². The fourth-order valence-electron chi connectivity index (χ4n) is 1.14. The third kappa shape index (κ3) is 1.31. The first-order valence-corrected chi connectivity index (χ1v) is 5.45. The molecule has 2 aromatic rings. The number of alkyl halides is 1. The molecule has 0 radical (unpaired) electrons. The molecule has 0 fully saturated rings. The van der Waals surface area contributed by atoms with Crippen molar-refractivity contribution in [3.05, 3.63) is 34.5 Å². The van der Waals surface area contributed by atoms with Crippen molar-refractivity contribution in [2.45, 2.75) is 5.33 Å². The molecule has 0 unspecified atom stereocenters. The van der Waals surface area contributed by atoms with Crippen LogP contribution in [0.5, 0.6) is 0 Å². The number of halogens is 2. The van der Waals surface area contributed by atoms with Crippen LogP contribution in [0.3, 0.4) is 0 Å². The van der Waals surface area contributed by atoms with E-state index in [0.717, 1.165) is 26.5 Å². The molecule has 3 heteroatoms. The lowest BCUT2D eigenvalue weighted by molar-refractivity contribution is 0.575. The fourth-order valence-corrected chi connectivity index (χ4v) is 1.88. The summed E-state index contributed by atoms with van der Waals surface area (Å²) < 4.78 is 6.60. The van der Waals surface area contributed by atoms with Crippen molar-refractivity contribution in [2.75, 3.05) is 0 Å². The Bertz CT molecular complexity index is 406. The summed E-state index contributed by atoms with van der Waals surface area (Å²) in [7, 11) is 0. The van der Waals surface area contributed by atoms with Crippen LogP contribution >= 0.6 is 31.9 Å². The van der Waals surface area contributed by atoms with Gasteiger partial charge in [-0.25, -0.2) is 0 Å². The molecule has 1 aromatic carbocycles. The Morgan fingerprint density at radius 2 is 2.17 bits per heavy atom. The average molecular weight is 290 g/mol. The van der Waals surface area contributed by atoms with E-state index in [1.165, 1.54) is 0 Å². The molecule has 2 rings (SSSR count). The molecule has 0 aliphatic rings. The largest absolute Gasteiger partial charge is 0.460 e. The van der Waals surface area contributed by atoms with Crippen molar-refractivity contribution >= 4 is 42.8 Å². The Kier molecular flexibility index (Phi) is 2.24. The first-order valence-electron chi connectivity index (χ1n) is 3.54. The van der Waals surface area contributed by atoms with Crippen LogP contribution in [-0.2, 0) is 5.33 Å². The highest BCUT2D eigenvalue weighted by atomic mass is 79.9. The average Bonchev–Trinajstić information content (AvgIpc) is 2.49. The number of furan rings is 1. The third-order valence-corrected chi connectivity index (χ3v) is 2.94. The molecule has 0 atom stereocenters. The van der Waals surface area contributed by atoms with Gasteiger partial charge in [-0.3, -0.25) is 0 Å². The number of rotatable bonds is 1. The van der Waals surface area contributed by atoms with Gasteiger partial charge in [0.1, 0.15) is 11.3 Å². The summed E-state index contributed by atoms with van der Waals surface area (Å²) >= 11 is 6.82. The van der Waals surface area contributed by atoms with Crippen molar-refractivity contribution in [2.24, 2.45) is 0 Å². The minimum Gasteiger partial charge on any atom is -0.460 e. The molecule has 1 heterocycles. The van der Waals surface area contributed by atoms with Crippen LogP contribution in [0.25, 0.3) is 11.0 Å². The van der Waals surface area contributed by atoms with Crippen LogP contribution in [0, 0.1) is 0 Å². The SMILES string of the molecule is BrCc1cc2c(Br)cccc2o1. The van der Waals surface area contributed by atoms with Crippen LogP contribution in [0.4, 0.5) is 0 Å². The van der Waals surface area contributed by atoms with Crippen LogP contribution in [0.1, 0.15) is 5.76 Å². The Hall–Kier alpha value is -0.280. The predicted octanol–water partition coefficient (Wildman–Crippen LogP) is 4.09. The number of fused-ring (bicyclic) bond motifs is 1. The summed E-state index contributed by atoms with van der Waals surface area (Å²) in [6.07, 6.45) is 0. The lowest BCUT2D eigenvalue weighted by Gasteiger charge is -1.88. The fraction of sp³-hybridized carbons (Fsp3) is 0.111. The summed E-state index contributed by atoms with van der Waals surface area (Å²) in [5.74, 6) is 0.955. The first kappa shape index (κ1) is 8.32. The Labute approximate surface area is 87.0 Å². The second-order valence-corrected chi connectivity index (χ2v) is 3.91. The van der Waals surface area contributed by atoms with Crippen molar-refractivity contribution in [3.63, 3.8) is 0 Å². The van der Waals surface area contributed by atoms with Gasteiger partial charge in [-0.2, -0.15) is 0 Å². The molecule has 0 aliphatic heterocycles. The molecular weight excluding hydrogens is 284 g/mol. The van der Waals surface area contributed by atoms with E-state index >= 15 is 0 Å². The minimum absolute atomic E-state index is 0.758. The maximum absolute atomic E-state index is 5.52. The third-order valence-electron chi connectivity index (χ3n) is 1.69. The van der Waals surface area contributed by atoms with E-state index in [4.69, 9.17) is 4.42 Å². The van der Waals surface area contributed by atoms with Crippen molar-refractivity contribution in [1.29, 1.82) is 0 Å². The first-order chi connectivity index (χ1) is 5.81. The van der Waals surface area contributed by atoms with E-state index in [1.54, 1.807) is 0 Å². The maximum Gasteiger partial charge on any atom is 0.135 e. The van der Waals surface area contributed by atoms with Gasteiger partial charge in [0.25, 0.3) is 0 Å². The molecule has 0 aliphatic carbocycles. The number of hydrogen-bond acceptors (Lipinski definition) is 1. The van der Waals surface area contributed by atoms with Crippen molar-refractivity contribution in [1.82, 2.24) is 0 Å². The van der Waals surface area contributed by atoms with E-state index < -0.39 is 0 Å². The molecule has 0 bridgehead atoms. The lowest BCUT2D eigenvalue weighted by Crippen LogP contribution is -1.64. The van der Waals surface area contributed by atoms with Crippen LogP contribution in [0.2, 0.25) is 0 Å². The summed E-state index contributed by atoms with van der Waals surface area (Å²) in [5.41, 5.74) is 0.929. The van der Waals surface area contributed by atoms with Gasteiger partial charge >= 0.3 is 0 Å². The highest BCUT2D eigenvalue weighted by Gasteiger charge is 2.04. The zero-order valence-corrected chi connectivity index (χ0v) is 9.35. The molecule has 0 spiro atoms. The second-order valence-electron chi connectivity index (χ2n) is 2.50. The van der Waals surface area contributed by atoms with Gasteiger partial charge in [-0.05, 0) is 18.2 Å². The lowest BCUT2D eigenvalue weighted by atomic mass is 10.2. The van der Waals surface area contributed by atoms with E-state index in [9.17, 15) is 0 Å². The summed E-state index contributed by atoms with van der Waals surface area (Å²) in [5, 5.41) is 1.89. The summed E-state index contributed by atoms with van der Waals surface area (Å²) in [4.78, 5) is 0. The van der Waals surface area contributed by atoms with Crippen LogP contribution in [-0.4, -0.2) is 0 Å². The molecule has 0 N–H and O–H groups in total. The van der Waals surface area contributed by atoms with Gasteiger partial charge < -0.3 is 4.42 Å². The highest BCUT2D eigenvalue weighted by Crippen LogP contribution is 2.27. The molecule has 1 nitrogen and oxygen atoms in total. The molecule has 0 saturated carbocycles. The maximum atomic E-state index is 5.52. The van der Waals surface area contributed by atoms with E-state index in [1.807, 2.05) is 24.3 Å². The van der Waals surface area contributed by atoms with Crippen molar-refractivity contribution in [3.8, 4) is 0 Å². The van der Waals surface area contributed by atoms with E-state index in [2.05, 4.69) is 31.9 Å². The standard InChI is InChI=1S/C9H6Br2O/c10-5-6-4-7-8(11)2-1-3-9(7)12-6/h1-4H,5H2. The van der Waals surface area contributed by atoms with Gasteiger partial charge in [-0.15, -0.1) is 0 Å². The zero-order valence-electron chi connectivity index (χ0n) is 6.18. The monoisotopic (exact) mass is 288 g/mol. The molecule has 0 saturated heterocycles. The second kappa shape index (κ2) is 3.23. The number of hydrogen-bond donors (Lipinski definition) is 0. The normalized spacial score (nSPS) is 10.8. The Morgan fingerprint density at radius 1 is 1.33 bits per heavy atom. The Balaban J connectivity index is 2.74. The molecule has 0 amide bonds. The topological polar surface area (TPSA) is 13.1 Å². The van der Waals surface area contributed by atoms with Crippen LogP contribution in [0.15, 0.2) is 33.2 Å². The van der Waals surface area contributed by atoms with Gasteiger partial charge in [-0.1, -0.05) is 37.9 Å².